The summed E-state index contributed by atoms with van der Waals surface area (Å²) in [5.41, 5.74) is 5.63. The van der Waals surface area contributed by atoms with E-state index in [2.05, 4.69) is 23.3 Å². The maximum atomic E-state index is 12.2. The fourth-order valence-corrected chi connectivity index (χ4v) is 2.77. The van der Waals surface area contributed by atoms with Gasteiger partial charge in [0, 0.05) is 18.6 Å². The van der Waals surface area contributed by atoms with Gasteiger partial charge >= 0.3 is 11.9 Å². The van der Waals surface area contributed by atoms with Crippen molar-refractivity contribution < 1.29 is 29.0 Å². The standard InChI is InChI=1S/C18H25N3O6S/c1-27-17(26)18(19,9-12-5-3-2-4-6-12)8-7-14(22)21-13(11-28)16(25)20-10-15(23)24/h2-6,13,28H,7-11,19H2,1H3,(H,20,25)(H,21,22)(H,23,24). The van der Waals surface area contributed by atoms with E-state index in [1.165, 1.54) is 7.11 Å². The Labute approximate surface area is 168 Å². The molecule has 1 aromatic carbocycles. The van der Waals surface area contributed by atoms with Gasteiger partial charge in [0.2, 0.25) is 11.8 Å². The fourth-order valence-electron chi connectivity index (χ4n) is 2.51. The number of carbonyl (C=O) groups excluding carboxylic acids is 3. The molecule has 0 bridgehead atoms. The molecule has 2 unspecified atom stereocenters. The molecule has 2 amide bonds. The molecule has 0 saturated carbocycles. The highest BCUT2D eigenvalue weighted by molar-refractivity contribution is 7.80. The lowest BCUT2D eigenvalue weighted by molar-refractivity contribution is -0.147. The lowest BCUT2D eigenvalue weighted by Gasteiger charge is -2.27. The van der Waals surface area contributed by atoms with Gasteiger partial charge in [0.25, 0.3) is 0 Å². The van der Waals surface area contributed by atoms with Gasteiger partial charge in [-0.3, -0.25) is 19.2 Å². The number of rotatable bonds is 11. The molecule has 10 heteroatoms. The molecule has 0 fully saturated rings. The molecule has 0 aliphatic carbocycles. The topological polar surface area (TPSA) is 148 Å². The number of nitrogens with two attached hydrogens (primary N) is 1. The molecule has 28 heavy (non-hydrogen) atoms. The maximum Gasteiger partial charge on any atom is 0.326 e. The first-order valence-corrected chi connectivity index (χ1v) is 9.16. The van der Waals surface area contributed by atoms with Crippen LogP contribution < -0.4 is 16.4 Å². The van der Waals surface area contributed by atoms with Crippen molar-refractivity contribution in [2.24, 2.45) is 5.73 Å². The van der Waals surface area contributed by atoms with Crippen molar-refractivity contribution in [1.82, 2.24) is 10.6 Å². The second-order valence-corrected chi connectivity index (χ2v) is 6.59. The van der Waals surface area contributed by atoms with Crippen molar-refractivity contribution in [3.63, 3.8) is 0 Å². The van der Waals surface area contributed by atoms with Crippen LogP contribution >= 0.6 is 12.6 Å². The molecule has 0 aliphatic heterocycles. The van der Waals surface area contributed by atoms with Crippen LogP contribution in [0.3, 0.4) is 0 Å². The van der Waals surface area contributed by atoms with Crippen molar-refractivity contribution in [2.75, 3.05) is 19.4 Å². The van der Waals surface area contributed by atoms with Crippen LogP contribution in [-0.4, -0.2) is 59.8 Å². The Balaban J connectivity index is 2.70. The van der Waals surface area contributed by atoms with Crippen LogP contribution in [0.15, 0.2) is 30.3 Å². The number of hydrogen-bond donors (Lipinski definition) is 5. The monoisotopic (exact) mass is 411 g/mol. The average Bonchev–Trinajstić information content (AvgIpc) is 2.68. The molecule has 0 heterocycles. The Morgan fingerprint density at radius 3 is 2.43 bits per heavy atom. The van der Waals surface area contributed by atoms with Gasteiger partial charge in [-0.15, -0.1) is 0 Å². The molecule has 154 valence electrons. The van der Waals surface area contributed by atoms with Gasteiger partial charge in [-0.2, -0.15) is 12.6 Å². The molecule has 0 aromatic heterocycles. The summed E-state index contributed by atoms with van der Waals surface area (Å²) in [4.78, 5) is 46.8. The van der Waals surface area contributed by atoms with Gasteiger partial charge in [-0.1, -0.05) is 30.3 Å². The van der Waals surface area contributed by atoms with Crippen molar-refractivity contribution >= 4 is 36.4 Å². The Hall–Kier alpha value is -2.59. The highest BCUT2D eigenvalue weighted by Crippen LogP contribution is 2.19. The minimum Gasteiger partial charge on any atom is -0.480 e. The summed E-state index contributed by atoms with van der Waals surface area (Å²) >= 11 is 3.99. The maximum absolute atomic E-state index is 12.2. The largest absolute Gasteiger partial charge is 0.480 e. The van der Waals surface area contributed by atoms with Crippen molar-refractivity contribution in [3.05, 3.63) is 35.9 Å². The molecular weight excluding hydrogens is 386 g/mol. The van der Waals surface area contributed by atoms with E-state index in [4.69, 9.17) is 15.6 Å². The third kappa shape index (κ3) is 7.57. The first-order valence-electron chi connectivity index (χ1n) is 8.52. The Kier molecular flexibility index (Phi) is 9.46. The Morgan fingerprint density at radius 2 is 1.89 bits per heavy atom. The van der Waals surface area contributed by atoms with E-state index in [1.54, 1.807) is 0 Å². The first kappa shape index (κ1) is 23.4. The van der Waals surface area contributed by atoms with E-state index in [0.717, 1.165) is 5.56 Å². The van der Waals surface area contributed by atoms with Crippen LogP contribution in [0.25, 0.3) is 0 Å². The van der Waals surface area contributed by atoms with Gasteiger partial charge in [0.15, 0.2) is 0 Å². The van der Waals surface area contributed by atoms with Crippen LogP contribution in [0.4, 0.5) is 0 Å². The number of esters is 1. The molecule has 0 saturated heterocycles. The number of benzene rings is 1. The lowest BCUT2D eigenvalue weighted by atomic mass is 9.87. The molecule has 0 spiro atoms. The van der Waals surface area contributed by atoms with Gasteiger partial charge < -0.3 is 26.2 Å². The third-order valence-corrected chi connectivity index (χ3v) is 4.37. The van der Waals surface area contributed by atoms with Crippen LogP contribution in [0, 0.1) is 0 Å². The number of thiol groups is 1. The highest BCUT2D eigenvalue weighted by Gasteiger charge is 2.36. The summed E-state index contributed by atoms with van der Waals surface area (Å²) in [6.07, 6.45) is 0.0498. The summed E-state index contributed by atoms with van der Waals surface area (Å²) in [5.74, 6) is -3.05. The lowest BCUT2D eigenvalue weighted by Crippen LogP contribution is -2.52. The van der Waals surface area contributed by atoms with Crippen LogP contribution in [0.5, 0.6) is 0 Å². The highest BCUT2D eigenvalue weighted by atomic mass is 32.1. The molecule has 9 nitrogen and oxygen atoms in total. The van der Waals surface area contributed by atoms with Crippen molar-refractivity contribution in [3.8, 4) is 0 Å². The van der Waals surface area contributed by atoms with Gasteiger partial charge in [-0.05, 0) is 12.0 Å². The van der Waals surface area contributed by atoms with E-state index in [0.29, 0.717) is 0 Å². The summed E-state index contributed by atoms with van der Waals surface area (Å²) in [6.45, 7) is -0.565. The number of nitrogens with one attached hydrogen (secondary N) is 2. The number of hydrogen-bond acceptors (Lipinski definition) is 7. The average molecular weight is 411 g/mol. The van der Waals surface area contributed by atoms with E-state index in [9.17, 15) is 19.2 Å². The first-order chi connectivity index (χ1) is 13.2. The number of carbonyl (C=O) groups is 4. The van der Waals surface area contributed by atoms with Gasteiger partial charge in [-0.25, -0.2) is 0 Å². The third-order valence-electron chi connectivity index (χ3n) is 4.00. The predicted octanol–water partition coefficient (Wildman–Crippen LogP) is -0.505. The normalized spacial score (nSPS) is 13.7. The summed E-state index contributed by atoms with van der Waals surface area (Å²) in [6, 6.07) is 8.08. The SMILES string of the molecule is COC(=O)C(N)(CCC(=O)NC(CS)C(=O)NCC(=O)O)Cc1ccccc1. The van der Waals surface area contributed by atoms with E-state index >= 15 is 0 Å². The predicted molar refractivity (Wildman–Crippen MR) is 105 cm³/mol. The second-order valence-electron chi connectivity index (χ2n) is 6.22. The molecule has 1 aromatic rings. The quantitative estimate of drug-likeness (QED) is 0.243. The van der Waals surface area contributed by atoms with Gasteiger partial charge in [0.1, 0.15) is 18.1 Å². The fraction of sp³-hybridized carbons (Fsp3) is 0.444. The minimum atomic E-state index is -1.41. The number of methoxy groups -OCH3 is 1. The smallest absolute Gasteiger partial charge is 0.326 e. The van der Waals surface area contributed by atoms with Gasteiger partial charge in [0.05, 0.1) is 7.11 Å². The van der Waals surface area contributed by atoms with E-state index < -0.39 is 41.9 Å². The molecule has 5 N–H and O–H groups in total. The van der Waals surface area contributed by atoms with Crippen LogP contribution in [-0.2, 0) is 30.3 Å². The van der Waals surface area contributed by atoms with Crippen LogP contribution in [0.1, 0.15) is 18.4 Å². The van der Waals surface area contributed by atoms with E-state index in [1.807, 2.05) is 30.3 Å². The Morgan fingerprint density at radius 1 is 1.25 bits per heavy atom. The summed E-state index contributed by atoms with van der Waals surface area (Å²) in [5, 5.41) is 13.2. The number of carboxylic acid groups (broad SMARTS) is 1. The minimum absolute atomic E-state index is 0.00353. The molecule has 0 radical (unpaired) electrons. The van der Waals surface area contributed by atoms with E-state index in [-0.39, 0.29) is 25.0 Å². The number of amides is 2. The zero-order valence-electron chi connectivity index (χ0n) is 15.5. The number of aliphatic carboxylic acids is 1. The van der Waals surface area contributed by atoms with Crippen LogP contribution in [0.2, 0.25) is 0 Å². The molecule has 2 atom stereocenters. The zero-order valence-corrected chi connectivity index (χ0v) is 16.4. The zero-order chi connectivity index (χ0) is 21.2. The summed E-state index contributed by atoms with van der Waals surface area (Å²) in [7, 11) is 1.22. The van der Waals surface area contributed by atoms with Crippen molar-refractivity contribution in [2.45, 2.75) is 30.8 Å². The summed E-state index contributed by atoms with van der Waals surface area (Å²) < 4.78 is 4.79. The second kappa shape index (κ2) is 11.3. The molecular formula is C18H25N3O6S. The number of carboxylic acids is 1. The molecule has 0 aliphatic rings. The van der Waals surface area contributed by atoms with Crippen molar-refractivity contribution in [1.29, 1.82) is 0 Å². The Bertz CT molecular complexity index is 700. The molecule has 1 rings (SSSR count). The number of ether oxygens (including phenoxy) is 1.